The van der Waals surface area contributed by atoms with Crippen molar-refractivity contribution in [2.24, 2.45) is 0 Å². The van der Waals surface area contributed by atoms with Crippen LogP contribution in [0.3, 0.4) is 0 Å². The maximum absolute atomic E-state index is 11.8. The lowest BCUT2D eigenvalue weighted by atomic mass is 10.2. The monoisotopic (exact) mass is 225 g/mol. The Hall–Kier alpha value is -0.610. The largest absolute Gasteiger partial charge is 0.352 e. The summed E-state index contributed by atoms with van der Waals surface area (Å²) in [6, 6.07) is 0.456. The molecular formula is C12H23N3O. The van der Waals surface area contributed by atoms with Gasteiger partial charge in [0.05, 0.1) is 6.54 Å². The van der Waals surface area contributed by atoms with E-state index in [0.717, 1.165) is 32.6 Å². The lowest BCUT2D eigenvalue weighted by molar-refractivity contribution is -0.122. The molecule has 0 aromatic heterocycles. The molecule has 16 heavy (non-hydrogen) atoms. The molecule has 1 amide bonds. The zero-order valence-corrected chi connectivity index (χ0v) is 10.0. The van der Waals surface area contributed by atoms with Crippen LogP contribution in [0.1, 0.15) is 32.1 Å². The molecule has 0 aromatic rings. The van der Waals surface area contributed by atoms with E-state index >= 15 is 0 Å². The topological polar surface area (TPSA) is 44.4 Å². The van der Waals surface area contributed by atoms with Crippen molar-refractivity contribution in [3.05, 3.63) is 0 Å². The Labute approximate surface area is 97.8 Å². The van der Waals surface area contributed by atoms with Crippen LogP contribution in [-0.2, 0) is 4.79 Å². The first kappa shape index (κ1) is 11.9. The van der Waals surface area contributed by atoms with Gasteiger partial charge < -0.3 is 10.6 Å². The summed E-state index contributed by atoms with van der Waals surface area (Å²) in [6.45, 7) is 4.72. The molecular weight excluding hydrogens is 202 g/mol. The van der Waals surface area contributed by atoms with Crippen LogP contribution < -0.4 is 10.6 Å². The van der Waals surface area contributed by atoms with Gasteiger partial charge >= 0.3 is 0 Å². The third-order valence-corrected chi connectivity index (χ3v) is 3.52. The van der Waals surface area contributed by atoms with Crippen LogP contribution >= 0.6 is 0 Å². The number of carbonyl (C=O) groups excluding carboxylic acids is 1. The Bertz CT molecular complexity index is 218. The molecule has 0 bridgehead atoms. The van der Waals surface area contributed by atoms with Crippen LogP contribution in [0.15, 0.2) is 0 Å². The first-order valence-corrected chi connectivity index (χ1v) is 6.57. The average molecular weight is 225 g/mol. The number of hydrogen-bond acceptors (Lipinski definition) is 3. The molecule has 0 spiro atoms. The van der Waals surface area contributed by atoms with Crippen molar-refractivity contribution in [3.8, 4) is 0 Å². The quantitative estimate of drug-likeness (QED) is 0.728. The second kappa shape index (κ2) is 6.21. The van der Waals surface area contributed by atoms with Gasteiger partial charge in [0, 0.05) is 19.1 Å². The molecule has 1 aliphatic heterocycles. The molecule has 1 saturated carbocycles. The molecule has 2 rings (SSSR count). The molecule has 0 atom stereocenters. The zero-order chi connectivity index (χ0) is 11.2. The van der Waals surface area contributed by atoms with Crippen LogP contribution in [0.25, 0.3) is 0 Å². The van der Waals surface area contributed by atoms with E-state index in [0.29, 0.717) is 12.6 Å². The second-order valence-corrected chi connectivity index (χ2v) is 4.93. The molecule has 2 aliphatic rings. The van der Waals surface area contributed by atoms with Crippen molar-refractivity contribution in [2.75, 3.05) is 32.7 Å². The lowest BCUT2D eigenvalue weighted by Gasteiger charge is -2.20. The van der Waals surface area contributed by atoms with Gasteiger partial charge in [-0.2, -0.15) is 0 Å². The number of nitrogens with zero attached hydrogens (tertiary/aromatic N) is 1. The maximum Gasteiger partial charge on any atom is 0.234 e. The molecule has 1 aliphatic carbocycles. The maximum atomic E-state index is 11.8. The van der Waals surface area contributed by atoms with Crippen molar-refractivity contribution in [1.29, 1.82) is 0 Å². The minimum Gasteiger partial charge on any atom is -0.352 e. The van der Waals surface area contributed by atoms with Crippen molar-refractivity contribution < 1.29 is 4.79 Å². The van der Waals surface area contributed by atoms with Crippen molar-refractivity contribution in [3.63, 3.8) is 0 Å². The molecule has 92 valence electrons. The predicted molar refractivity (Wildman–Crippen MR) is 64.3 cm³/mol. The highest BCUT2D eigenvalue weighted by Crippen LogP contribution is 2.17. The van der Waals surface area contributed by atoms with E-state index < -0.39 is 0 Å². The Morgan fingerprint density at radius 2 is 2.00 bits per heavy atom. The highest BCUT2D eigenvalue weighted by Gasteiger charge is 2.18. The summed E-state index contributed by atoms with van der Waals surface area (Å²) in [5.74, 6) is 0.216. The van der Waals surface area contributed by atoms with Gasteiger partial charge in [-0.15, -0.1) is 0 Å². The summed E-state index contributed by atoms with van der Waals surface area (Å²) in [5.41, 5.74) is 0. The van der Waals surface area contributed by atoms with Crippen LogP contribution in [-0.4, -0.2) is 49.6 Å². The Morgan fingerprint density at radius 1 is 1.19 bits per heavy atom. The Morgan fingerprint density at radius 3 is 2.81 bits per heavy atom. The van der Waals surface area contributed by atoms with Crippen molar-refractivity contribution >= 4 is 5.91 Å². The standard InChI is InChI=1S/C12H23N3O/c16-12(14-11-4-1-2-5-11)10-15-8-3-6-13-7-9-15/h11,13H,1-10H2,(H,14,16). The minimum absolute atomic E-state index is 0.216. The number of carbonyl (C=O) groups is 1. The fourth-order valence-electron chi connectivity index (χ4n) is 2.61. The van der Waals surface area contributed by atoms with E-state index in [1.807, 2.05) is 0 Å². The summed E-state index contributed by atoms with van der Waals surface area (Å²) >= 11 is 0. The van der Waals surface area contributed by atoms with Gasteiger partial charge in [-0.1, -0.05) is 12.8 Å². The van der Waals surface area contributed by atoms with Crippen LogP contribution in [0.2, 0.25) is 0 Å². The fourth-order valence-corrected chi connectivity index (χ4v) is 2.61. The third-order valence-electron chi connectivity index (χ3n) is 3.52. The molecule has 4 nitrogen and oxygen atoms in total. The van der Waals surface area contributed by atoms with E-state index in [1.165, 1.54) is 25.7 Å². The van der Waals surface area contributed by atoms with Crippen LogP contribution in [0.4, 0.5) is 0 Å². The summed E-state index contributed by atoms with van der Waals surface area (Å²) in [7, 11) is 0. The summed E-state index contributed by atoms with van der Waals surface area (Å²) in [6.07, 6.45) is 6.05. The highest BCUT2D eigenvalue weighted by molar-refractivity contribution is 5.78. The SMILES string of the molecule is O=C(CN1CCCNCC1)NC1CCCC1. The van der Waals surface area contributed by atoms with Gasteiger partial charge in [-0.25, -0.2) is 0 Å². The molecule has 0 unspecified atom stereocenters. The van der Waals surface area contributed by atoms with Crippen LogP contribution in [0, 0.1) is 0 Å². The summed E-state index contributed by atoms with van der Waals surface area (Å²) in [4.78, 5) is 14.1. The van der Waals surface area contributed by atoms with E-state index in [-0.39, 0.29) is 5.91 Å². The molecule has 1 heterocycles. The van der Waals surface area contributed by atoms with E-state index in [2.05, 4.69) is 15.5 Å². The number of hydrogen-bond donors (Lipinski definition) is 2. The molecule has 4 heteroatoms. The summed E-state index contributed by atoms with van der Waals surface area (Å²) < 4.78 is 0. The minimum atomic E-state index is 0.216. The van der Waals surface area contributed by atoms with Gasteiger partial charge in [-0.3, -0.25) is 9.69 Å². The van der Waals surface area contributed by atoms with Gasteiger partial charge in [-0.05, 0) is 32.4 Å². The second-order valence-electron chi connectivity index (χ2n) is 4.93. The van der Waals surface area contributed by atoms with Gasteiger partial charge in [0.2, 0.25) is 5.91 Å². The Balaban J connectivity index is 1.68. The van der Waals surface area contributed by atoms with Crippen molar-refractivity contribution in [2.45, 2.75) is 38.1 Å². The highest BCUT2D eigenvalue weighted by atomic mass is 16.2. The van der Waals surface area contributed by atoms with Gasteiger partial charge in [0.25, 0.3) is 0 Å². The molecule has 0 aromatic carbocycles. The predicted octanol–water partition coefficient (Wildman–Crippen LogP) is 0.341. The normalized spacial score (nSPS) is 24.2. The Kier molecular flexibility index (Phi) is 4.60. The number of amides is 1. The smallest absolute Gasteiger partial charge is 0.234 e. The molecule has 1 saturated heterocycles. The van der Waals surface area contributed by atoms with E-state index in [9.17, 15) is 4.79 Å². The molecule has 0 radical (unpaired) electrons. The van der Waals surface area contributed by atoms with Crippen molar-refractivity contribution in [1.82, 2.24) is 15.5 Å². The molecule has 2 N–H and O–H groups in total. The van der Waals surface area contributed by atoms with Gasteiger partial charge in [0.1, 0.15) is 0 Å². The van der Waals surface area contributed by atoms with E-state index in [1.54, 1.807) is 0 Å². The zero-order valence-electron chi connectivity index (χ0n) is 10.0. The van der Waals surface area contributed by atoms with Gasteiger partial charge in [0.15, 0.2) is 0 Å². The number of nitrogens with one attached hydrogen (secondary N) is 2. The van der Waals surface area contributed by atoms with E-state index in [4.69, 9.17) is 0 Å². The van der Waals surface area contributed by atoms with Crippen LogP contribution in [0.5, 0.6) is 0 Å². The fraction of sp³-hybridized carbons (Fsp3) is 0.917. The first-order chi connectivity index (χ1) is 7.84. The third kappa shape index (κ3) is 3.76. The average Bonchev–Trinajstić information content (AvgIpc) is 2.62. The molecule has 2 fully saturated rings. The number of rotatable bonds is 3. The summed E-state index contributed by atoms with van der Waals surface area (Å²) in [5, 5.41) is 6.50. The first-order valence-electron chi connectivity index (χ1n) is 6.57. The lowest BCUT2D eigenvalue weighted by Crippen LogP contribution is -2.42.